The SMILES string of the molecule is COc1ccc(NS(=O)(=O)c2cc(NC(=O)C3CC=CCC3)ccc2N2CCOCC2)cc1. The second kappa shape index (κ2) is 10.3. The molecule has 0 saturated carbocycles. The number of nitrogens with one attached hydrogen (secondary N) is 2. The molecule has 2 aromatic rings. The number of benzene rings is 2. The molecule has 33 heavy (non-hydrogen) atoms. The maximum absolute atomic E-state index is 13.4. The summed E-state index contributed by atoms with van der Waals surface area (Å²) in [5.41, 5.74) is 1.46. The Morgan fingerprint density at radius 2 is 1.79 bits per heavy atom. The van der Waals surface area contributed by atoms with E-state index in [-0.39, 0.29) is 16.7 Å². The molecule has 1 aliphatic heterocycles. The van der Waals surface area contributed by atoms with Gasteiger partial charge in [-0.05, 0) is 61.7 Å². The number of sulfonamides is 1. The van der Waals surface area contributed by atoms with Crippen LogP contribution in [0.5, 0.6) is 5.75 Å². The molecule has 1 heterocycles. The lowest BCUT2D eigenvalue weighted by molar-refractivity contribution is -0.120. The molecular formula is C24H29N3O5S. The second-order valence-corrected chi connectivity index (χ2v) is 9.74. The molecule has 9 heteroatoms. The Bertz CT molecular complexity index is 1110. The third-order valence-electron chi connectivity index (χ3n) is 5.85. The highest BCUT2D eigenvalue weighted by atomic mass is 32.2. The fraction of sp³-hybridized carbons (Fsp3) is 0.375. The van der Waals surface area contributed by atoms with Crippen molar-refractivity contribution in [2.24, 2.45) is 5.92 Å². The minimum absolute atomic E-state index is 0.0927. The summed E-state index contributed by atoms with van der Waals surface area (Å²) in [6.07, 6.45) is 6.46. The predicted octanol–water partition coefficient (Wildman–Crippen LogP) is 3.63. The van der Waals surface area contributed by atoms with Crippen LogP contribution in [-0.4, -0.2) is 47.7 Å². The number of carbonyl (C=O) groups is 1. The Labute approximate surface area is 194 Å². The second-order valence-electron chi connectivity index (χ2n) is 8.09. The maximum atomic E-state index is 13.4. The van der Waals surface area contributed by atoms with Crippen molar-refractivity contribution in [3.8, 4) is 5.75 Å². The van der Waals surface area contributed by atoms with Gasteiger partial charge >= 0.3 is 0 Å². The summed E-state index contributed by atoms with van der Waals surface area (Å²) in [5, 5.41) is 2.91. The summed E-state index contributed by atoms with van der Waals surface area (Å²) >= 11 is 0. The molecule has 4 rings (SSSR count). The van der Waals surface area contributed by atoms with E-state index in [0.717, 1.165) is 12.8 Å². The Kier molecular flexibility index (Phi) is 7.20. The highest BCUT2D eigenvalue weighted by Crippen LogP contribution is 2.32. The van der Waals surface area contributed by atoms with Crippen molar-refractivity contribution in [3.05, 3.63) is 54.6 Å². The van der Waals surface area contributed by atoms with Gasteiger partial charge in [0.15, 0.2) is 0 Å². The number of morpholine rings is 1. The summed E-state index contributed by atoms with van der Waals surface area (Å²) in [6, 6.07) is 11.7. The van der Waals surface area contributed by atoms with E-state index in [0.29, 0.717) is 55.5 Å². The zero-order valence-corrected chi connectivity index (χ0v) is 19.4. The third kappa shape index (κ3) is 5.66. The molecule has 1 amide bonds. The molecule has 1 saturated heterocycles. The number of nitrogens with zero attached hydrogens (tertiary/aromatic N) is 1. The number of amides is 1. The van der Waals surface area contributed by atoms with Crippen LogP contribution in [0.2, 0.25) is 0 Å². The number of methoxy groups -OCH3 is 1. The lowest BCUT2D eigenvalue weighted by Gasteiger charge is -2.30. The molecule has 0 bridgehead atoms. The molecule has 0 aromatic heterocycles. The molecule has 1 fully saturated rings. The summed E-state index contributed by atoms with van der Waals surface area (Å²) in [7, 11) is -2.38. The third-order valence-corrected chi connectivity index (χ3v) is 7.26. The highest BCUT2D eigenvalue weighted by Gasteiger charge is 2.25. The number of carbonyl (C=O) groups excluding carboxylic acids is 1. The number of rotatable bonds is 7. The van der Waals surface area contributed by atoms with E-state index < -0.39 is 10.0 Å². The zero-order valence-electron chi connectivity index (χ0n) is 18.6. The number of allylic oxidation sites excluding steroid dienone is 2. The van der Waals surface area contributed by atoms with Crippen molar-refractivity contribution in [2.75, 3.05) is 48.4 Å². The molecule has 176 valence electrons. The summed E-state index contributed by atoms with van der Waals surface area (Å²) in [6.45, 7) is 2.23. The van der Waals surface area contributed by atoms with Crippen molar-refractivity contribution in [2.45, 2.75) is 24.2 Å². The minimum Gasteiger partial charge on any atom is -0.497 e. The summed E-state index contributed by atoms with van der Waals surface area (Å²) in [5.74, 6) is 0.436. The lowest BCUT2D eigenvalue weighted by atomic mass is 9.93. The van der Waals surface area contributed by atoms with Gasteiger partial charge in [-0.3, -0.25) is 9.52 Å². The number of hydrogen-bond acceptors (Lipinski definition) is 6. The van der Waals surface area contributed by atoms with E-state index in [1.807, 2.05) is 11.0 Å². The van der Waals surface area contributed by atoms with E-state index >= 15 is 0 Å². The van der Waals surface area contributed by atoms with E-state index in [1.165, 1.54) is 6.07 Å². The van der Waals surface area contributed by atoms with Crippen LogP contribution in [0.4, 0.5) is 17.1 Å². The van der Waals surface area contributed by atoms with E-state index in [2.05, 4.69) is 16.1 Å². The number of hydrogen-bond donors (Lipinski definition) is 2. The normalized spacial score (nSPS) is 18.6. The summed E-state index contributed by atoms with van der Waals surface area (Å²) in [4.78, 5) is 14.8. The largest absolute Gasteiger partial charge is 0.497 e. The molecule has 0 radical (unpaired) electrons. The van der Waals surface area contributed by atoms with Crippen LogP contribution in [0.15, 0.2) is 59.5 Å². The van der Waals surface area contributed by atoms with E-state index in [1.54, 1.807) is 43.5 Å². The van der Waals surface area contributed by atoms with Gasteiger partial charge in [0, 0.05) is 30.4 Å². The smallest absolute Gasteiger partial charge is 0.264 e. The zero-order chi connectivity index (χ0) is 23.3. The van der Waals surface area contributed by atoms with Crippen LogP contribution in [-0.2, 0) is 19.6 Å². The van der Waals surface area contributed by atoms with Crippen molar-refractivity contribution in [1.29, 1.82) is 0 Å². The molecule has 2 aliphatic rings. The average molecular weight is 472 g/mol. The Hall–Kier alpha value is -3.04. The fourth-order valence-corrected chi connectivity index (χ4v) is 5.33. The number of ether oxygens (including phenoxy) is 2. The molecule has 1 unspecified atom stereocenters. The molecule has 8 nitrogen and oxygen atoms in total. The molecule has 2 N–H and O–H groups in total. The van der Waals surface area contributed by atoms with Crippen molar-refractivity contribution >= 4 is 33.0 Å². The first-order valence-electron chi connectivity index (χ1n) is 11.1. The van der Waals surface area contributed by atoms with Crippen molar-refractivity contribution < 1.29 is 22.7 Å². The van der Waals surface area contributed by atoms with Gasteiger partial charge in [0.2, 0.25) is 5.91 Å². The van der Waals surface area contributed by atoms with Crippen LogP contribution < -0.4 is 19.7 Å². The maximum Gasteiger partial charge on any atom is 0.264 e. The van der Waals surface area contributed by atoms with Crippen molar-refractivity contribution in [3.63, 3.8) is 0 Å². The lowest BCUT2D eigenvalue weighted by Crippen LogP contribution is -2.37. The quantitative estimate of drug-likeness (QED) is 0.599. The van der Waals surface area contributed by atoms with Gasteiger partial charge in [0.05, 0.1) is 26.0 Å². The van der Waals surface area contributed by atoms with Gasteiger partial charge in [-0.15, -0.1) is 0 Å². The average Bonchev–Trinajstić information content (AvgIpc) is 2.85. The first kappa shape index (κ1) is 23.1. The molecule has 1 aliphatic carbocycles. The topological polar surface area (TPSA) is 97.0 Å². The van der Waals surface area contributed by atoms with Gasteiger partial charge in [-0.1, -0.05) is 12.2 Å². The van der Waals surface area contributed by atoms with E-state index in [9.17, 15) is 13.2 Å². The molecule has 1 atom stereocenters. The number of anilines is 3. The van der Waals surface area contributed by atoms with E-state index in [4.69, 9.17) is 9.47 Å². The molecule has 0 spiro atoms. The minimum atomic E-state index is -3.93. The van der Waals surface area contributed by atoms with Gasteiger partial charge in [-0.25, -0.2) is 8.42 Å². The van der Waals surface area contributed by atoms with Gasteiger partial charge in [0.1, 0.15) is 10.6 Å². The Balaban J connectivity index is 1.63. The standard InChI is InChI=1S/C24H29N3O5S/c1-31-21-10-7-19(8-11-21)26-33(29,30)23-17-20(25-24(28)18-5-3-2-4-6-18)9-12-22(23)27-13-15-32-16-14-27/h2-3,7-12,17-18,26H,4-6,13-16H2,1H3,(H,25,28). The molecular weight excluding hydrogens is 442 g/mol. The van der Waals surface area contributed by atoms with Gasteiger partial charge in [-0.2, -0.15) is 0 Å². The van der Waals surface area contributed by atoms with Crippen LogP contribution in [0.25, 0.3) is 0 Å². The summed E-state index contributed by atoms with van der Waals surface area (Å²) < 4.78 is 40.1. The van der Waals surface area contributed by atoms with Crippen LogP contribution in [0.1, 0.15) is 19.3 Å². The highest BCUT2D eigenvalue weighted by molar-refractivity contribution is 7.92. The van der Waals surface area contributed by atoms with Gasteiger partial charge < -0.3 is 19.7 Å². The van der Waals surface area contributed by atoms with Crippen molar-refractivity contribution in [1.82, 2.24) is 0 Å². The Morgan fingerprint density at radius 1 is 1.06 bits per heavy atom. The first-order chi connectivity index (χ1) is 16.0. The molecule has 2 aromatic carbocycles. The van der Waals surface area contributed by atoms with Crippen LogP contribution in [0, 0.1) is 5.92 Å². The van der Waals surface area contributed by atoms with Gasteiger partial charge in [0.25, 0.3) is 10.0 Å². The fourth-order valence-electron chi connectivity index (χ4n) is 4.02. The first-order valence-corrected chi connectivity index (χ1v) is 12.5. The van der Waals surface area contributed by atoms with Crippen LogP contribution >= 0.6 is 0 Å². The Morgan fingerprint density at radius 3 is 2.45 bits per heavy atom. The monoisotopic (exact) mass is 471 g/mol. The predicted molar refractivity (Wildman–Crippen MR) is 128 cm³/mol. The van der Waals surface area contributed by atoms with Crippen LogP contribution in [0.3, 0.4) is 0 Å².